The summed E-state index contributed by atoms with van der Waals surface area (Å²) in [6, 6.07) is 0.625. The molecule has 0 bridgehead atoms. The maximum absolute atomic E-state index is 8.80. The number of aliphatic hydroxyl groups is 1. The average Bonchev–Trinajstić information content (AvgIpc) is 2.22. The lowest BCUT2D eigenvalue weighted by Gasteiger charge is -2.27. The van der Waals surface area contributed by atoms with Crippen LogP contribution < -0.4 is 0 Å². The predicted molar refractivity (Wildman–Crippen MR) is 70.7 cm³/mol. The zero-order chi connectivity index (χ0) is 12.6. The van der Waals surface area contributed by atoms with Crippen LogP contribution in [0.25, 0.3) is 0 Å². The van der Waals surface area contributed by atoms with E-state index in [0.717, 1.165) is 19.0 Å². The van der Waals surface area contributed by atoms with Gasteiger partial charge in [0, 0.05) is 12.6 Å². The molecule has 0 aliphatic rings. The molecule has 1 atom stereocenters. The Morgan fingerprint density at radius 2 is 1.56 bits per heavy atom. The van der Waals surface area contributed by atoms with Crippen LogP contribution in [0.5, 0.6) is 0 Å². The van der Waals surface area contributed by atoms with E-state index in [1.54, 1.807) is 0 Å². The molecule has 0 amide bonds. The third-order valence-corrected chi connectivity index (χ3v) is 3.22. The van der Waals surface area contributed by atoms with Gasteiger partial charge in [-0.25, -0.2) is 0 Å². The largest absolute Gasteiger partial charge is 0.395 e. The van der Waals surface area contributed by atoms with Crippen molar-refractivity contribution in [3.8, 4) is 0 Å². The molecule has 98 valence electrons. The lowest BCUT2D eigenvalue weighted by molar-refractivity contribution is 0.187. The van der Waals surface area contributed by atoms with Gasteiger partial charge in [-0.2, -0.15) is 0 Å². The summed E-state index contributed by atoms with van der Waals surface area (Å²) in [5.41, 5.74) is 0. The predicted octanol–water partition coefficient (Wildman–Crippen LogP) is 1.67. The van der Waals surface area contributed by atoms with Crippen molar-refractivity contribution in [3.05, 3.63) is 0 Å². The van der Waals surface area contributed by atoms with Crippen LogP contribution in [0.3, 0.4) is 0 Å². The fraction of sp³-hybridized carbons (Fsp3) is 1.00. The Morgan fingerprint density at radius 3 is 2.06 bits per heavy atom. The van der Waals surface area contributed by atoms with Gasteiger partial charge in [0.05, 0.1) is 6.61 Å². The molecule has 0 saturated carbocycles. The number of likely N-dealkylation sites (N-methyl/N-ethyl adjacent to an activating group) is 1. The van der Waals surface area contributed by atoms with E-state index in [4.69, 9.17) is 5.11 Å². The smallest absolute Gasteiger partial charge is 0.0558 e. The molecule has 0 aliphatic heterocycles. The van der Waals surface area contributed by atoms with Crippen LogP contribution in [0, 0.1) is 5.92 Å². The van der Waals surface area contributed by atoms with Gasteiger partial charge in [-0.1, -0.05) is 13.8 Å². The topological polar surface area (TPSA) is 26.7 Å². The summed E-state index contributed by atoms with van der Waals surface area (Å²) < 4.78 is 0. The van der Waals surface area contributed by atoms with Gasteiger partial charge in [-0.3, -0.25) is 0 Å². The van der Waals surface area contributed by atoms with E-state index in [1.165, 1.54) is 19.4 Å². The number of hydrogen-bond acceptors (Lipinski definition) is 3. The van der Waals surface area contributed by atoms with Gasteiger partial charge < -0.3 is 14.9 Å². The maximum Gasteiger partial charge on any atom is 0.0558 e. The Hall–Kier alpha value is -0.120. The van der Waals surface area contributed by atoms with Crippen LogP contribution in [0.1, 0.15) is 33.6 Å². The molecule has 0 aliphatic carbocycles. The Labute approximate surface area is 101 Å². The van der Waals surface area contributed by atoms with Crippen molar-refractivity contribution in [1.29, 1.82) is 0 Å². The van der Waals surface area contributed by atoms with Crippen molar-refractivity contribution in [2.75, 3.05) is 40.3 Å². The summed E-state index contributed by atoms with van der Waals surface area (Å²) in [7, 11) is 4.27. The first-order valence-corrected chi connectivity index (χ1v) is 6.47. The highest BCUT2D eigenvalue weighted by molar-refractivity contribution is 4.66. The molecule has 0 heterocycles. The first-order chi connectivity index (χ1) is 7.47. The molecule has 1 unspecified atom stereocenters. The minimum absolute atomic E-state index is 0.258. The summed E-state index contributed by atoms with van der Waals surface area (Å²) in [6.45, 7) is 10.1. The van der Waals surface area contributed by atoms with Gasteiger partial charge in [0.1, 0.15) is 0 Å². The SMILES string of the molecule is CC(C)CCN(C)C(C)CCN(C)CCO. The number of hydrogen-bond donors (Lipinski definition) is 1. The van der Waals surface area contributed by atoms with Crippen molar-refractivity contribution in [3.63, 3.8) is 0 Å². The average molecular weight is 230 g/mol. The van der Waals surface area contributed by atoms with Crippen molar-refractivity contribution in [1.82, 2.24) is 9.80 Å². The number of nitrogens with zero attached hydrogens (tertiary/aromatic N) is 2. The summed E-state index contributed by atoms with van der Waals surface area (Å²) in [5, 5.41) is 8.80. The molecule has 3 nitrogen and oxygen atoms in total. The van der Waals surface area contributed by atoms with E-state index in [2.05, 4.69) is 44.7 Å². The fourth-order valence-corrected chi connectivity index (χ4v) is 1.59. The van der Waals surface area contributed by atoms with E-state index in [0.29, 0.717) is 6.04 Å². The first kappa shape index (κ1) is 15.9. The second-order valence-corrected chi connectivity index (χ2v) is 5.33. The van der Waals surface area contributed by atoms with Crippen molar-refractivity contribution in [2.24, 2.45) is 5.92 Å². The third kappa shape index (κ3) is 8.08. The van der Waals surface area contributed by atoms with Gasteiger partial charge in [0.15, 0.2) is 0 Å². The van der Waals surface area contributed by atoms with Crippen molar-refractivity contribution >= 4 is 0 Å². The Balaban J connectivity index is 3.65. The van der Waals surface area contributed by atoms with Crippen LogP contribution in [0.2, 0.25) is 0 Å². The van der Waals surface area contributed by atoms with Crippen LogP contribution in [0.15, 0.2) is 0 Å². The molecule has 0 aromatic rings. The summed E-state index contributed by atoms with van der Waals surface area (Å²) >= 11 is 0. The van der Waals surface area contributed by atoms with Gasteiger partial charge >= 0.3 is 0 Å². The molecule has 1 N–H and O–H groups in total. The second kappa shape index (κ2) is 8.97. The van der Waals surface area contributed by atoms with Gasteiger partial charge in [0.2, 0.25) is 0 Å². The number of rotatable bonds is 9. The van der Waals surface area contributed by atoms with Crippen LogP contribution in [-0.2, 0) is 0 Å². The summed E-state index contributed by atoms with van der Waals surface area (Å²) in [6.07, 6.45) is 2.44. The maximum atomic E-state index is 8.80. The highest BCUT2D eigenvalue weighted by atomic mass is 16.3. The Bertz CT molecular complexity index is 162. The quantitative estimate of drug-likeness (QED) is 0.653. The second-order valence-electron chi connectivity index (χ2n) is 5.33. The lowest BCUT2D eigenvalue weighted by Crippen LogP contribution is -2.34. The third-order valence-electron chi connectivity index (χ3n) is 3.22. The van der Waals surface area contributed by atoms with E-state index in [-0.39, 0.29) is 6.61 Å². The molecule has 3 heteroatoms. The molecular formula is C13H30N2O. The zero-order valence-electron chi connectivity index (χ0n) is 11.7. The minimum atomic E-state index is 0.258. The van der Waals surface area contributed by atoms with Gasteiger partial charge in [-0.05, 0) is 52.9 Å². The van der Waals surface area contributed by atoms with Crippen molar-refractivity contribution < 1.29 is 5.11 Å². The highest BCUT2D eigenvalue weighted by Crippen LogP contribution is 2.06. The Kier molecular flexibility index (Phi) is 8.90. The normalized spacial score (nSPS) is 14.1. The molecule has 0 aromatic carbocycles. The van der Waals surface area contributed by atoms with Crippen LogP contribution in [-0.4, -0.2) is 61.3 Å². The molecule has 0 rings (SSSR count). The summed E-state index contributed by atoms with van der Waals surface area (Å²) in [4.78, 5) is 4.62. The highest BCUT2D eigenvalue weighted by Gasteiger charge is 2.10. The van der Waals surface area contributed by atoms with Gasteiger partial charge in [-0.15, -0.1) is 0 Å². The molecule has 0 radical (unpaired) electrons. The first-order valence-electron chi connectivity index (χ1n) is 6.47. The molecule has 0 spiro atoms. The monoisotopic (exact) mass is 230 g/mol. The lowest BCUT2D eigenvalue weighted by atomic mass is 10.1. The van der Waals surface area contributed by atoms with E-state index >= 15 is 0 Å². The van der Waals surface area contributed by atoms with E-state index in [1.807, 2.05) is 0 Å². The Morgan fingerprint density at radius 1 is 0.938 bits per heavy atom. The van der Waals surface area contributed by atoms with Crippen LogP contribution >= 0.6 is 0 Å². The molecule has 0 saturated heterocycles. The summed E-state index contributed by atoms with van der Waals surface area (Å²) in [5.74, 6) is 0.784. The molecular weight excluding hydrogens is 200 g/mol. The zero-order valence-corrected chi connectivity index (χ0v) is 11.7. The van der Waals surface area contributed by atoms with E-state index in [9.17, 15) is 0 Å². The van der Waals surface area contributed by atoms with Crippen molar-refractivity contribution in [2.45, 2.75) is 39.7 Å². The van der Waals surface area contributed by atoms with Gasteiger partial charge in [0.25, 0.3) is 0 Å². The fourth-order valence-electron chi connectivity index (χ4n) is 1.59. The molecule has 0 aromatic heterocycles. The minimum Gasteiger partial charge on any atom is -0.395 e. The molecule has 16 heavy (non-hydrogen) atoms. The molecule has 0 fully saturated rings. The van der Waals surface area contributed by atoms with Crippen LogP contribution in [0.4, 0.5) is 0 Å². The van der Waals surface area contributed by atoms with E-state index < -0.39 is 0 Å². The standard InChI is InChI=1S/C13H30N2O/c1-12(2)6-9-15(5)13(3)7-8-14(4)10-11-16/h12-13,16H,6-11H2,1-5H3. The number of aliphatic hydroxyl groups excluding tert-OH is 1.